The molecule has 4 saturated carbocycles. The molecule has 0 N–H and O–H groups in total. The van der Waals surface area contributed by atoms with Gasteiger partial charge in [0.05, 0.1) is 0 Å². The van der Waals surface area contributed by atoms with Gasteiger partial charge in [0.1, 0.15) is 0 Å². The maximum atomic E-state index is 2.52. The molecular weight excluding hydrogens is 647 g/mol. The quantitative estimate of drug-likeness (QED) is 0.280. The largest absolute Gasteiger partial charge is 0.0850 e. The van der Waals surface area contributed by atoms with Crippen molar-refractivity contribution in [1.29, 1.82) is 0 Å². The van der Waals surface area contributed by atoms with E-state index in [2.05, 4.69) is 138 Å². The van der Waals surface area contributed by atoms with Crippen molar-refractivity contribution >= 4 is 7.53 Å². The van der Waals surface area contributed by atoms with Crippen LogP contribution in [-0.2, 0) is 50.4 Å². The normalized spacial score (nSPS) is 19.3. The molecule has 4 aliphatic rings. The third kappa shape index (κ3) is 11.3. The predicted molar refractivity (Wildman–Crippen MR) is 189 cm³/mol. The molecule has 45 heavy (non-hydrogen) atoms. The van der Waals surface area contributed by atoms with E-state index >= 15 is 0 Å². The maximum absolute atomic E-state index is 2.52. The second-order valence-corrected chi connectivity index (χ2v) is 16.5. The topological polar surface area (TPSA) is 0 Å². The minimum atomic E-state index is -0.664. The Labute approximate surface area is 302 Å². The Balaban J connectivity index is 0.000000498. The van der Waals surface area contributed by atoms with Crippen LogP contribution in [0.2, 0.25) is 0 Å². The van der Waals surface area contributed by atoms with Gasteiger partial charge in [-0.1, -0.05) is 94.1 Å². The average Bonchev–Trinajstić information content (AvgIpc) is 3.76. The molecule has 2 aromatic rings. The van der Waals surface area contributed by atoms with Crippen molar-refractivity contribution in [1.82, 2.24) is 0 Å². The van der Waals surface area contributed by atoms with Crippen molar-refractivity contribution in [2.75, 3.05) is 0 Å². The second kappa shape index (κ2) is 18.2. The molecule has 0 saturated heterocycles. The first-order valence-electron chi connectivity index (χ1n) is 15.5. The summed E-state index contributed by atoms with van der Waals surface area (Å²) >= 11 is 0. The van der Waals surface area contributed by atoms with Crippen molar-refractivity contribution in [3.8, 4) is 5.30 Å². The van der Waals surface area contributed by atoms with E-state index in [9.17, 15) is 0 Å². The zero-order valence-corrected chi connectivity index (χ0v) is 31.5. The molecule has 0 bridgehead atoms. The van der Waals surface area contributed by atoms with E-state index in [0.29, 0.717) is 0 Å². The average molecular weight is 697 g/mol. The third-order valence-corrected chi connectivity index (χ3v) is 10.4. The molecule has 0 atom stereocenters. The van der Waals surface area contributed by atoms with Crippen LogP contribution >= 0.6 is 7.53 Å². The van der Waals surface area contributed by atoms with Crippen LogP contribution in [0.3, 0.4) is 0 Å². The van der Waals surface area contributed by atoms with Crippen molar-refractivity contribution in [3.05, 3.63) is 179 Å². The third-order valence-electron chi connectivity index (χ3n) is 7.72. The fraction of sp³-hybridized carbons (Fsp3) is 0.286. The zero-order valence-electron chi connectivity index (χ0n) is 28.4. The minimum Gasteiger partial charge on any atom is -0.0850 e. The fourth-order valence-electron chi connectivity index (χ4n) is 5.31. The minimum absolute atomic E-state index is 0. The molecular formula is C42H49Fe2P. The summed E-state index contributed by atoms with van der Waals surface area (Å²) in [6.45, 7) is 21.3. The van der Waals surface area contributed by atoms with E-state index in [4.69, 9.17) is 0 Å². The Morgan fingerprint density at radius 3 is 0.933 bits per heavy atom. The Kier molecular flexibility index (Phi) is 16.6. The van der Waals surface area contributed by atoms with Gasteiger partial charge in [0.25, 0.3) is 0 Å². The molecule has 0 aliphatic heterocycles. The number of rotatable bonds is 3. The van der Waals surface area contributed by atoms with Crippen LogP contribution in [0.4, 0.5) is 0 Å². The predicted octanol–water partition coefficient (Wildman–Crippen LogP) is 11.1. The first-order valence-corrected chi connectivity index (χ1v) is 16.8. The van der Waals surface area contributed by atoms with Crippen LogP contribution in [0.5, 0.6) is 0 Å². The second-order valence-electron chi connectivity index (χ2n) is 14.4. The maximum Gasteiger partial charge on any atom is 0.0168 e. The SMILES string of the molecule is CC(C)(C)c1cc(C(C)(C)C)c(-p2c([C]3[CH][CH][CH][CH]3)ccc2[C]2[CH][CH][CH][CH]2)c(C(C)(C)C)c1.[CH]1[CH][CH][CH][CH]1.[CH]1[CH][CH][CH][CH]1.[Fe].[Fe]. The fourth-order valence-corrected chi connectivity index (χ4v) is 8.60. The van der Waals surface area contributed by atoms with Crippen molar-refractivity contribution in [3.63, 3.8) is 0 Å². The molecule has 20 radical (unpaired) electrons. The molecule has 0 spiro atoms. The van der Waals surface area contributed by atoms with Crippen LogP contribution in [0.1, 0.15) is 89.6 Å². The van der Waals surface area contributed by atoms with E-state index < -0.39 is 7.53 Å². The van der Waals surface area contributed by atoms with Gasteiger partial charge in [0, 0.05) is 51.3 Å². The summed E-state index contributed by atoms with van der Waals surface area (Å²) in [5.41, 5.74) is 4.65. The van der Waals surface area contributed by atoms with Gasteiger partial charge >= 0.3 is 0 Å². The molecule has 4 aliphatic carbocycles. The zero-order chi connectivity index (χ0) is 31.3. The van der Waals surface area contributed by atoms with Gasteiger partial charge in [0.2, 0.25) is 0 Å². The summed E-state index contributed by atoms with van der Waals surface area (Å²) in [6.07, 6.45) is 37.8. The van der Waals surface area contributed by atoms with E-state index in [0.717, 1.165) is 0 Å². The molecule has 1 heterocycles. The Morgan fingerprint density at radius 2 is 0.689 bits per heavy atom. The van der Waals surface area contributed by atoms with Crippen molar-refractivity contribution < 1.29 is 34.1 Å². The van der Waals surface area contributed by atoms with Gasteiger partial charge in [-0.25, -0.2) is 0 Å². The van der Waals surface area contributed by atoms with E-state index in [1.165, 1.54) is 39.1 Å². The first-order chi connectivity index (χ1) is 20.3. The monoisotopic (exact) mass is 696 g/mol. The molecule has 4 fully saturated rings. The Bertz CT molecular complexity index is 1040. The van der Waals surface area contributed by atoms with Gasteiger partial charge in [0.15, 0.2) is 0 Å². The summed E-state index contributed by atoms with van der Waals surface area (Å²) in [5.74, 6) is 2.72. The summed E-state index contributed by atoms with van der Waals surface area (Å²) in [6, 6.07) is 9.83. The smallest absolute Gasteiger partial charge is 0.0168 e. The molecule has 1 aromatic heterocycles. The summed E-state index contributed by atoms with van der Waals surface area (Å²) < 4.78 is 0. The Morgan fingerprint density at radius 1 is 0.400 bits per heavy atom. The molecule has 3 heteroatoms. The molecule has 238 valence electrons. The van der Waals surface area contributed by atoms with E-state index in [-0.39, 0.29) is 50.4 Å². The van der Waals surface area contributed by atoms with Crippen LogP contribution in [0, 0.1) is 127 Å². The van der Waals surface area contributed by atoms with Gasteiger partial charge in [-0.05, 0) is 159 Å². The van der Waals surface area contributed by atoms with Gasteiger partial charge < -0.3 is 0 Å². The van der Waals surface area contributed by atoms with E-state index in [1.807, 2.05) is 64.2 Å². The molecule has 0 unspecified atom stereocenters. The van der Waals surface area contributed by atoms with Crippen molar-refractivity contribution in [2.45, 2.75) is 78.6 Å². The molecule has 0 nitrogen and oxygen atoms in total. The molecule has 0 amide bonds. The molecule has 6 rings (SSSR count). The number of benzene rings is 1. The molecule has 1 aromatic carbocycles. The van der Waals surface area contributed by atoms with Crippen molar-refractivity contribution in [2.24, 2.45) is 0 Å². The van der Waals surface area contributed by atoms with Crippen LogP contribution in [0.25, 0.3) is 5.30 Å². The van der Waals surface area contributed by atoms with Gasteiger partial charge in [-0.2, -0.15) is 0 Å². The number of hydrogen-bond donors (Lipinski definition) is 0. The van der Waals surface area contributed by atoms with Gasteiger partial charge in [-0.3, -0.25) is 0 Å². The Hall–Kier alpha value is 0.0390. The van der Waals surface area contributed by atoms with Crippen LogP contribution in [-0.4, -0.2) is 0 Å². The number of hydrogen-bond acceptors (Lipinski definition) is 0. The van der Waals surface area contributed by atoms with Crippen LogP contribution < -0.4 is 0 Å². The summed E-state index contributed by atoms with van der Waals surface area (Å²) in [7, 11) is -0.664. The summed E-state index contributed by atoms with van der Waals surface area (Å²) in [4.78, 5) is 0. The van der Waals surface area contributed by atoms with E-state index in [1.54, 1.807) is 5.30 Å². The summed E-state index contributed by atoms with van der Waals surface area (Å²) in [5, 5.41) is 4.52. The van der Waals surface area contributed by atoms with Crippen LogP contribution in [0.15, 0.2) is 24.3 Å². The standard InChI is InChI=1S/C32H39P.2C5H5.2Fe/c1-30(2,3)24-20-25(31(4,5)6)29(26(21-24)32(7,8)9)33-27(22-14-10-11-15-22)18-19-28(33)23-16-12-13-17-23;2*1-2-4-5-3-1;;/h10-21H,1-9H3;2*1-5H;;. The first kappa shape index (κ1) is 41.2. The van der Waals surface area contributed by atoms with Gasteiger partial charge in [-0.15, -0.1) is 0 Å².